The number of rotatable bonds is 6. The van der Waals surface area contributed by atoms with Crippen LogP contribution in [0.3, 0.4) is 0 Å². The van der Waals surface area contributed by atoms with Gasteiger partial charge in [0.25, 0.3) is 0 Å². The fourth-order valence-corrected chi connectivity index (χ4v) is 3.39. The molecule has 10 heteroatoms. The largest absolute Gasteiger partial charge is 0.368 e. The van der Waals surface area contributed by atoms with E-state index in [1.165, 1.54) is 0 Å². The Balaban J connectivity index is 2.65. The third kappa shape index (κ3) is 5.53. The molecule has 0 aliphatic carbocycles. The standard InChI is InChI=1S/C10H18N4O5S/c11-8(15)4-14(5-9(12)16)10(17)3-7-6-20(18,19)2-1-13-7/h7,13H,1-6H2,(H2,11,15)(H2,12,16). The molecule has 1 atom stereocenters. The molecule has 9 nitrogen and oxygen atoms in total. The highest BCUT2D eigenvalue weighted by Gasteiger charge is 2.28. The van der Waals surface area contributed by atoms with Crippen LogP contribution in [0.4, 0.5) is 0 Å². The van der Waals surface area contributed by atoms with E-state index in [4.69, 9.17) is 11.5 Å². The third-order valence-corrected chi connectivity index (χ3v) is 4.50. The summed E-state index contributed by atoms with van der Waals surface area (Å²) in [6, 6.07) is -0.537. The Morgan fingerprint density at radius 1 is 1.15 bits per heavy atom. The van der Waals surface area contributed by atoms with Gasteiger partial charge in [0, 0.05) is 19.0 Å². The molecular weight excluding hydrogens is 288 g/mol. The van der Waals surface area contributed by atoms with Crippen LogP contribution in [0.5, 0.6) is 0 Å². The van der Waals surface area contributed by atoms with E-state index >= 15 is 0 Å². The summed E-state index contributed by atoms with van der Waals surface area (Å²) in [4.78, 5) is 34.6. The number of nitrogens with two attached hydrogens (primary N) is 2. The molecule has 114 valence electrons. The second kappa shape index (κ2) is 6.66. The van der Waals surface area contributed by atoms with Crippen LogP contribution >= 0.6 is 0 Å². The summed E-state index contributed by atoms with van der Waals surface area (Å²) in [5.74, 6) is -2.21. The van der Waals surface area contributed by atoms with E-state index in [0.29, 0.717) is 0 Å². The van der Waals surface area contributed by atoms with E-state index in [9.17, 15) is 22.8 Å². The van der Waals surface area contributed by atoms with Crippen LogP contribution < -0.4 is 16.8 Å². The van der Waals surface area contributed by atoms with Crippen molar-refractivity contribution in [3.63, 3.8) is 0 Å². The molecule has 1 heterocycles. The Morgan fingerprint density at radius 2 is 1.70 bits per heavy atom. The Labute approximate surface area is 116 Å². The fraction of sp³-hybridized carbons (Fsp3) is 0.700. The maximum atomic E-state index is 12.0. The molecule has 0 saturated carbocycles. The molecular formula is C10H18N4O5S. The molecule has 0 aromatic rings. The van der Waals surface area contributed by atoms with Gasteiger partial charge in [-0.1, -0.05) is 0 Å². The Kier molecular flexibility index (Phi) is 5.45. The van der Waals surface area contributed by atoms with Gasteiger partial charge in [0.15, 0.2) is 9.84 Å². The maximum Gasteiger partial charge on any atom is 0.237 e. The first-order valence-electron chi connectivity index (χ1n) is 5.98. The predicted octanol–water partition coefficient (Wildman–Crippen LogP) is -3.44. The minimum atomic E-state index is -3.17. The summed E-state index contributed by atoms with van der Waals surface area (Å²) >= 11 is 0. The van der Waals surface area contributed by atoms with Crippen molar-refractivity contribution in [3.05, 3.63) is 0 Å². The van der Waals surface area contributed by atoms with E-state index in [-0.39, 0.29) is 24.5 Å². The van der Waals surface area contributed by atoms with E-state index in [1.807, 2.05) is 0 Å². The number of nitrogens with one attached hydrogen (secondary N) is 1. The van der Waals surface area contributed by atoms with Gasteiger partial charge >= 0.3 is 0 Å². The lowest BCUT2D eigenvalue weighted by molar-refractivity contribution is -0.138. The first-order chi connectivity index (χ1) is 9.19. The van der Waals surface area contributed by atoms with E-state index < -0.39 is 46.7 Å². The summed E-state index contributed by atoms with van der Waals surface area (Å²) in [5.41, 5.74) is 9.97. The second-order valence-corrected chi connectivity index (χ2v) is 6.88. The zero-order valence-electron chi connectivity index (χ0n) is 10.9. The van der Waals surface area contributed by atoms with E-state index in [0.717, 1.165) is 4.90 Å². The van der Waals surface area contributed by atoms with Gasteiger partial charge in [0.2, 0.25) is 17.7 Å². The fourth-order valence-electron chi connectivity index (χ4n) is 1.95. The van der Waals surface area contributed by atoms with Crippen molar-refractivity contribution < 1.29 is 22.8 Å². The molecule has 1 aliphatic heterocycles. The highest BCUT2D eigenvalue weighted by molar-refractivity contribution is 7.91. The summed E-state index contributed by atoms with van der Waals surface area (Å²) in [6.07, 6.45) is -0.139. The number of sulfone groups is 1. The molecule has 0 bridgehead atoms. The third-order valence-electron chi connectivity index (χ3n) is 2.77. The normalized spacial score (nSPS) is 21.1. The lowest BCUT2D eigenvalue weighted by Gasteiger charge is -2.26. The van der Waals surface area contributed by atoms with Crippen molar-refractivity contribution in [1.82, 2.24) is 10.2 Å². The van der Waals surface area contributed by atoms with Gasteiger partial charge in [-0.05, 0) is 0 Å². The van der Waals surface area contributed by atoms with Crippen molar-refractivity contribution in [2.45, 2.75) is 12.5 Å². The molecule has 0 radical (unpaired) electrons. The summed E-state index contributed by atoms with van der Waals surface area (Å²) in [5, 5.41) is 2.91. The zero-order chi connectivity index (χ0) is 15.3. The topological polar surface area (TPSA) is 153 Å². The van der Waals surface area contributed by atoms with Crippen molar-refractivity contribution in [2.75, 3.05) is 31.1 Å². The summed E-state index contributed by atoms with van der Waals surface area (Å²) in [6.45, 7) is -0.589. The number of carbonyl (C=O) groups excluding carboxylic acids is 3. The number of hydrogen-bond donors (Lipinski definition) is 3. The molecule has 1 rings (SSSR count). The maximum absolute atomic E-state index is 12.0. The van der Waals surface area contributed by atoms with Crippen molar-refractivity contribution >= 4 is 27.6 Å². The Morgan fingerprint density at radius 3 is 2.15 bits per heavy atom. The molecule has 0 aromatic heterocycles. The van der Waals surface area contributed by atoms with Gasteiger partial charge < -0.3 is 21.7 Å². The Bertz CT molecular complexity index is 488. The van der Waals surface area contributed by atoms with Crippen LogP contribution in [0.25, 0.3) is 0 Å². The number of carbonyl (C=O) groups is 3. The first-order valence-corrected chi connectivity index (χ1v) is 7.80. The number of nitrogens with zero attached hydrogens (tertiary/aromatic N) is 1. The van der Waals surface area contributed by atoms with Crippen LogP contribution in [-0.4, -0.2) is 68.2 Å². The van der Waals surface area contributed by atoms with Crippen molar-refractivity contribution in [1.29, 1.82) is 0 Å². The smallest absolute Gasteiger partial charge is 0.237 e. The molecule has 1 saturated heterocycles. The average Bonchev–Trinajstić information content (AvgIpc) is 2.25. The minimum absolute atomic E-state index is 0.0317. The van der Waals surface area contributed by atoms with Crippen LogP contribution in [0.2, 0.25) is 0 Å². The second-order valence-electron chi connectivity index (χ2n) is 4.65. The molecule has 0 aromatic carbocycles. The van der Waals surface area contributed by atoms with E-state index in [1.54, 1.807) is 0 Å². The van der Waals surface area contributed by atoms with Gasteiger partial charge in [-0.3, -0.25) is 14.4 Å². The monoisotopic (exact) mass is 306 g/mol. The lowest BCUT2D eigenvalue weighted by Crippen LogP contribution is -2.50. The summed E-state index contributed by atoms with van der Waals surface area (Å²) in [7, 11) is -3.17. The van der Waals surface area contributed by atoms with Crippen LogP contribution in [0, 0.1) is 0 Å². The molecule has 1 aliphatic rings. The van der Waals surface area contributed by atoms with Crippen LogP contribution in [-0.2, 0) is 24.2 Å². The minimum Gasteiger partial charge on any atom is -0.368 e. The highest BCUT2D eigenvalue weighted by atomic mass is 32.2. The molecule has 1 fully saturated rings. The van der Waals surface area contributed by atoms with Gasteiger partial charge in [0.1, 0.15) is 0 Å². The Hall–Kier alpha value is -1.68. The summed E-state index contributed by atoms with van der Waals surface area (Å²) < 4.78 is 22.9. The number of primary amides is 2. The van der Waals surface area contributed by atoms with Crippen LogP contribution in [0.15, 0.2) is 0 Å². The van der Waals surface area contributed by atoms with Crippen molar-refractivity contribution in [3.8, 4) is 0 Å². The average molecular weight is 306 g/mol. The zero-order valence-corrected chi connectivity index (χ0v) is 11.7. The van der Waals surface area contributed by atoms with Gasteiger partial charge in [-0.2, -0.15) is 0 Å². The van der Waals surface area contributed by atoms with Gasteiger partial charge in [-0.25, -0.2) is 8.42 Å². The highest BCUT2D eigenvalue weighted by Crippen LogP contribution is 2.07. The molecule has 1 unspecified atom stereocenters. The van der Waals surface area contributed by atoms with Gasteiger partial charge in [-0.15, -0.1) is 0 Å². The SMILES string of the molecule is NC(=O)CN(CC(N)=O)C(=O)CC1CS(=O)(=O)CCN1. The first kappa shape index (κ1) is 16.4. The molecule has 5 N–H and O–H groups in total. The molecule has 20 heavy (non-hydrogen) atoms. The molecule has 3 amide bonds. The lowest BCUT2D eigenvalue weighted by atomic mass is 10.2. The number of amides is 3. The quantitative estimate of drug-likeness (QED) is 0.464. The van der Waals surface area contributed by atoms with Gasteiger partial charge in [0.05, 0.1) is 24.6 Å². The predicted molar refractivity (Wildman–Crippen MR) is 70.0 cm³/mol. The van der Waals surface area contributed by atoms with E-state index in [2.05, 4.69) is 5.32 Å². The van der Waals surface area contributed by atoms with Crippen LogP contribution in [0.1, 0.15) is 6.42 Å². The van der Waals surface area contributed by atoms with Crippen molar-refractivity contribution in [2.24, 2.45) is 11.5 Å². The molecule has 0 spiro atoms. The number of hydrogen-bond acceptors (Lipinski definition) is 6.